The zero-order chi connectivity index (χ0) is 21.4. The molecule has 160 valence electrons. The fraction of sp³-hybridized carbons (Fsp3) is 0.458. The third kappa shape index (κ3) is 4.15. The molecule has 2 aliphatic rings. The highest BCUT2D eigenvalue weighted by Gasteiger charge is 2.27. The molecule has 2 unspecified atom stereocenters. The van der Waals surface area contributed by atoms with Gasteiger partial charge in [-0.2, -0.15) is 0 Å². The molecule has 0 bridgehead atoms. The number of methoxy groups -OCH3 is 1. The van der Waals surface area contributed by atoms with Crippen molar-refractivity contribution in [3.05, 3.63) is 51.0 Å². The van der Waals surface area contributed by atoms with E-state index >= 15 is 0 Å². The van der Waals surface area contributed by atoms with Gasteiger partial charge in [0.25, 0.3) is 5.91 Å². The maximum atomic E-state index is 13.1. The number of nitrogens with zero attached hydrogens (tertiary/aromatic N) is 1. The minimum atomic E-state index is -0.0493. The molecule has 0 radical (unpaired) electrons. The van der Waals surface area contributed by atoms with Crippen molar-refractivity contribution in [3.8, 4) is 11.5 Å². The van der Waals surface area contributed by atoms with E-state index in [9.17, 15) is 4.79 Å². The number of nitrogens with one attached hydrogen (secondary N) is 1. The number of amides is 1. The van der Waals surface area contributed by atoms with Crippen LogP contribution >= 0.6 is 15.9 Å². The van der Waals surface area contributed by atoms with Crippen LogP contribution in [0.4, 0.5) is 5.69 Å². The summed E-state index contributed by atoms with van der Waals surface area (Å²) in [6.07, 6.45) is 2.95. The third-order valence-electron chi connectivity index (χ3n) is 5.97. The van der Waals surface area contributed by atoms with Crippen LogP contribution in [0.25, 0.3) is 0 Å². The number of aryl methyl sites for hydroxylation is 2. The van der Waals surface area contributed by atoms with Gasteiger partial charge in [0.15, 0.2) is 11.5 Å². The van der Waals surface area contributed by atoms with E-state index in [-0.39, 0.29) is 18.1 Å². The lowest BCUT2D eigenvalue weighted by atomic mass is 10.0. The summed E-state index contributed by atoms with van der Waals surface area (Å²) in [5.74, 6) is 1.35. The Bertz CT molecular complexity index is 952. The van der Waals surface area contributed by atoms with Crippen molar-refractivity contribution in [1.82, 2.24) is 5.32 Å². The van der Waals surface area contributed by atoms with Crippen molar-refractivity contribution in [3.63, 3.8) is 0 Å². The number of carbonyl (C=O) groups excluding carboxylic acids is 1. The molecule has 1 saturated heterocycles. The Morgan fingerprint density at radius 1 is 1.23 bits per heavy atom. The third-order valence-corrected chi connectivity index (χ3v) is 6.43. The average Bonchev–Trinajstić information content (AvgIpc) is 3.06. The summed E-state index contributed by atoms with van der Waals surface area (Å²) in [5, 5.41) is 3.25. The summed E-state index contributed by atoms with van der Waals surface area (Å²) in [6, 6.07) is 8.16. The van der Waals surface area contributed by atoms with Crippen molar-refractivity contribution < 1.29 is 14.3 Å². The largest absolute Gasteiger partial charge is 0.493 e. The summed E-state index contributed by atoms with van der Waals surface area (Å²) >= 11 is 3.58. The predicted molar refractivity (Wildman–Crippen MR) is 123 cm³/mol. The van der Waals surface area contributed by atoms with E-state index in [4.69, 9.17) is 9.47 Å². The molecule has 30 heavy (non-hydrogen) atoms. The van der Waals surface area contributed by atoms with E-state index in [2.05, 4.69) is 52.1 Å². The lowest BCUT2D eigenvalue weighted by molar-refractivity contribution is 0.0932. The highest BCUT2D eigenvalue weighted by atomic mass is 79.9. The quantitative estimate of drug-likeness (QED) is 0.694. The number of hydrogen-bond donors (Lipinski definition) is 1. The van der Waals surface area contributed by atoms with Crippen molar-refractivity contribution in [1.29, 1.82) is 0 Å². The summed E-state index contributed by atoms with van der Waals surface area (Å²) in [7, 11) is 1.62. The van der Waals surface area contributed by atoms with E-state index in [0.29, 0.717) is 11.3 Å². The Hall–Kier alpha value is -2.21. The Balaban J connectivity index is 1.50. The summed E-state index contributed by atoms with van der Waals surface area (Å²) in [6.45, 7) is 8.15. The van der Waals surface area contributed by atoms with Crippen LogP contribution in [0.1, 0.15) is 46.8 Å². The van der Waals surface area contributed by atoms with E-state index in [1.807, 2.05) is 13.0 Å². The van der Waals surface area contributed by atoms with Gasteiger partial charge in [-0.3, -0.25) is 4.79 Å². The van der Waals surface area contributed by atoms with Gasteiger partial charge >= 0.3 is 0 Å². The average molecular weight is 473 g/mol. The van der Waals surface area contributed by atoms with Crippen LogP contribution in [0, 0.1) is 13.8 Å². The first-order valence-corrected chi connectivity index (χ1v) is 11.3. The van der Waals surface area contributed by atoms with Gasteiger partial charge in [0, 0.05) is 46.8 Å². The topological polar surface area (TPSA) is 50.8 Å². The van der Waals surface area contributed by atoms with Gasteiger partial charge in [-0.25, -0.2) is 0 Å². The summed E-state index contributed by atoms with van der Waals surface area (Å²) in [4.78, 5) is 15.5. The minimum Gasteiger partial charge on any atom is -0.493 e. The van der Waals surface area contributed by atoms with Crippen molar-refractivity contribution in [2.45, 2.75) is 52.2 Å². The van der Waals surface area contributed by atoms with Crippen LogP contribution in [0.3, 0.4) is 0 Å². The van der Waals surface area contributed by atoms with Crippen LogP contribution in [0.15, 0.2) is 28.7 Å². The first-order chi connectivity index (χ1) is 14.4. The van der Waals surface area contributed by atoms with Crippen LogP contribution in [-0.2, 0) is 6.42 Å². The maximum absolute atomic E-state index is 13.1. The van der Waals surface area contributed by atoms with E-state index in [1.165, 1.54) is 16.8 Å². The molecule has 0 aromatic heterocycles. The number of hydrogen-bond acceptors (Lipinski definition) is 4. The standard InChI is InChI=1S/C24H29BrN2O3/c1-14-8-19(25)9-15(2)22(14)27-7-5-6-20(13-27)26-24(28)18-11-17-10-16(3)30-23(17)21(12-18)29-4/h8-9,11-12,16,20H,5-7,10,13H2,1-4H3,(H,26,28). The van der Waals surface area contributed by atoms with Crippen molar-refractivity contribution in [2.75, 3.05) is 25.1 Å². The van der Waals surface area contributed by atoms with Gasteiger partial charge in [0.1, 0.15) is 6.10 Å². The van der Waals surface area contributed by atoms with Gasteiger partial charge in [-0.05, 0) is 69.0 Å². The Kier molecular flexibility index (Phi) is 5.96. The molecule has 6 heteroatoms. The number of anilines is 1. The number of benzene rings is 2. The Labute approximate surface area is 186 Å². The number of fused-ring (bicyclic) bond motifs is 1. The summed E-state index contributed by atoms with van der Waals surface area (Å²) in [5.41, 5.74) is 5.47. The molecular weight excluding hydrogens is 444 g/mol. The fourth-order valence-electron chi connectivity index (χ4n) is 4.75. The second-order valence-corrected chi connectivity index (χ2v) is 9.36. The SMILES string of the molecule is COc1cc(C(=O)NC2CCCN(c3c(C)cc(Br)cc3C)C2)cc2c1OC(C)C2. The lowest BCUT2D eigenvalue weighted by Gasteiger charge is -2.36. The molecule has 0 spiro atoms. The molecule has 1 amide bonds. The molecule has 2 aromatic carbocycles. The Morgan fingerprint density at radius 3 is 2.67 bits per heavy atom. The van der Waals surface area contributed by atoms with Gasteiger partial charge < -0.3 is 19.7 Å². The highest BCUT2D eigenvalue weighted by Crippen LogP contribution is 2.39. The second-order valence-electron chi connectivity index (χ2n) is 8.45. The van der Waals surface area contributed by atoms with Crippen LogP contribution in [0.2, 0.25) is 0 Å². The first-order valence-electron chi connectivity index (χ1n) is 10.6. The van der Waals surface area contributed by atoms with Crippen LogP contribution < -0.4 is 19.7 Å². The van der Waals surface area contributed by atoms with Gasteiger partial charge in [-0.1, -0.05) is 15.9 Å². The van der Waals surface area contributed by atoms with Crippen LogP contribution in [-0.4, -0.2) is 38.3 Å². The van der Waals surface area contributed by atoms with E-state index < -0.39 is 0 Å². The predicted octanol–water partition coefficient (Wildman–Crippen LogP) is 4.80. The van der Waals surface area contributed by atoms with E-state index in [0.717, 1.165) is 48.1 Å². The molecule has 2 atom stereocenters. The van der Waals surface area contributed by atoms with E-state index in [1.54, 1.807) is 13.2 Å². The molecule has 2 aliphatic heterocycles. The zero-order valence-electron chi connectivity index (χ0n) is 18.0. The number of piperidine rings is 1. The molecule has 0 saturated carbocycles. The number of halogens is 1. The van der Waals surface area contributed by atoms with Crippen molar-refractivity contribution >= 4 is 27.5 Å². The first kappa shape index (κ1) is 21.0. The number of rotatable bonds is 4. The molecule has 1 fully saturated rings. The van der Waals surface area contributed by atoms with Gasteiger partial charge in [0.05, 0.1) is 7.11 Å². The smallest absolute Gasteiger partial charge is 0.251 e. The normalized spacial score (nSPS) is 20.5. The monoisotopic (exact) mass is 472 g/mol. The summed E-state index contributed by atoms with van der Waals surface area (Å²) < 4.78 is 12.4. The van der Waals surface area contributed by atoms with Crippen LogP contribution in [0.5, 0.6) is 11.5 Å². The maximum Gasteiger partial charge on any atom is 0.251 e. The molecule has 0 aliphatic carbocycles. The zero-order valence-corrected chi connectivity index (χ0v) is 19.6. The molecular formula is C24H29BrN2O3. The molecule has 4 rings (SSSR count). The molecule has 5 nitrogen and oxygen atoms in total. The Morgan fingerprint density at radius 2 is 1.97 bits per heavy atom. The minimum absolute atomic E-state index is 0.0493. The molecule has 2 heterocycles. The molecule has 2 aromatic rings. The number of carbonyl (C=O) groups is 1. The van der Waals surface area contributed by atoms with Gasteiger partial charge in [0.2, 0.25) is 0 Å². The van der Waals surface area contributed by atoms with Crippen molar-refractivity contribution in [2.24, 2.45) is 0 Å². The fourth-order valence-corrected chi connectivity index (χ4v) is 5.44. The molecule has 1 N–H and O–H groups in total. The lowest BCUT2D eigenvalue weighted by Crippen LogP contribution is -2.48. The number of ether oxygens (including phenoxy) is 2. The highest BCUT2D eigenvalue weighted by molar-refractivity contribution is 9.10. The van der Waals surface area contributed by atoms with Gasteiger partial charge in [-0.15, -0.1) is 0 Å². The second kappa shape index (κ2) is 8.50.